The molecule has 0 radical (unpaired) electrons. The van der Waals surface area contributed by atoms with Crippen LogP contribution in [-0.4, -0.2) is 23.0 Å². The average molecular weight is 266 g/mol. The molecule has 0 aromatic rings. The van der Waals surface area contributed by atoms with Crippen LogP contribution in [0, 0.1) is 0 Å². The molecule has 0 aromatic heterocycles. The van der Waals surface area contributed by atoms with E-state index in [9.17, 15) is 13.5 Å². The molecule has 0 amide bonds. The van der Waals surface area contributed by atoms with E-state index in [2.05, 4.69) is 6.92 Å². The van der Waals surface area contributed by atoms with Crippen molar-refractivity contribution in [3.05, 3.63) is 0 Å². The highest BCUT2D eigenvalue weighted by Crippen LogP contribution is 2.27. The first-order chi connectivity index (χ1) is 7.87. The Balaban J connectivity index is 4.21. The molecule has 0 saturated heterocycles. The van der Waals surface area contributed by atoms with Gasteiger partial charge in [0.05, 0.1) is 0 Å². The van der Waals surface area contributed by atoms with Crippen molar-refractivity contribution < 1.29 is 18.1 Å². The first-order valence-corrected chi connectivity index (χ1v) is 8.01. The van der Waals surface area contributed by atoms with Crippen LogP contribution in [-0.2, 0) is 10.1 Å². The largest absolute Gasteiger partial charge is 0.372 e. The van der Waals surface area contributed by atoms with Crippen LogP contribution in [0.5, 0.6) is 0 Å². The lowest BCUT2D eigenvalue weighted by molar-refractivity contribution is 0.0890. The molecule has 0 fully saturated rings. The Bertz CT molecular complexity index is 287. The van der Waals surface area contributed by atoms with Gasteiger partial charge >= 0.3 is 0 Å². The van der Waals surface area contributed by atoms with Crippen molar-refractivity contribution in [2.45, 2.75) is 76.6 Å². The summed E-state index contributed by atoms with van der Waals surface area (Å²) in [6.07, 6.45) is 6.49. The zero-order valence-corrected chi connectivity index (χ0v) is 11.8. The number of rotatable bonds is 10. The monoisotopic (exact) mass is 266 g/mol. The molecular formula is C12H26O4S. The standard InChI is InChI=1S/C12H26O4S/c1-3-5-7-8-9-11-12(13,10-6-4-2)17(14,15)16/h13H,3-11H2,1-2H3,(H,14,15,16). The van der Waals surface area contributed by atoms with Crippen LogP contribution in [0.25, 0.3) is 0 Å². The molecule has 104 valence electrons. The molecule has 0 aliphatic heterocycles. The maximum Gasteiger partial charge on any atom is 0.294 e. The van der Waals surface area contributed by atoms with Crippen LogP contribution >= 0.6 is 0 Å². The fraction of sp³-hybridized carbons (Fsp3) is 1.00. The lowest BCUT2D eigenvalue weighted by Crippen LogP contribution is -2.38. The summed E-state index contributed by atoms with van der Waals surface area (Å²) < 4.78 is 31.5. The second-order valence-electron chi connectivity index (χ2n) is 4.69. The summed E-state index contributed by atoms with van der Waals surface area (Å²) in [4.78, 5) is -1.94. The molecule has 0 bridgehead atoms. The molecular weight excluding hydrogens is 240 g/mol. The van der Waals surface area contributed by atoms with Gasteiger partial charge in [-0.1, -0.05) is 46.0 Å². The minimum atomic E-state index is -4.37. The Hall–Kier alpha value is -0.130. The van der Waals surface area contributed by atoms with Crippen LogP contribution < -0.4 is 0 Å². The lowest BCUT2D eigenvalue weighted by atomic mass is 10.0. The van der Waals surface area contributed by atoms with E-state index in [0.717, 1.165) is 32.1 Å². The lowest BCUT2D eigenvalue weighted by Gasteiger charge is -2.24. The molecule has 0 rings (SSSR count). The second-order valence-corrected chi connectivity index (χ2v) is 6.40. The summed E-state index contributed by atoms with van der Waals surface area (Å²) in [6.45, 7) is 4.03. The SMILES string of the molecule is CCCCCCCC(O)(CCCC)S(=O)(=O)O. The molecule has 4 nitrogen and oxygen atoms in total. The van der Waals surface area contributed by atoms with E-state index in [1.54, 1.807) is 0 Å². The van der Waals surface area contributed by atoms with E-state index >= 15 is 0 Å². The first-order valence-electron chi connectivity index (χ1n) is 6.56. The van der Waals surface area contributed by atoms with Crippen molar-refractivity contribution in [2.75, 3.05) is 0 Å². The van der Waals surface area contributed by atoms with Crippen molar-refractivity contribution in [3.8, 4) is 0 Å². The third-order valence-electron chi connectivity index (χ3n) is 3.07. The van der Waals surface area contributed by atoms with Gasteiger partial charge in [0, 0.05) is 0 Å². The van der Waals surface area contributed by atoms with Crippen molar-refractivity contribution in [2.24, 2.45) is 0 Å². The van der Waals surface area contributed by atoms with Gasteiger partial charge in [0.1, 0.15) is 0 Å². The van der Waals surface area contributed by atoms with Gasteiger partial charge in [0.2, 0.25) is 0 Å². The van der Waals surface area contributed by atoms with E-state index in [1.807, 2.05) is 6.92 Å². The smallest absolute Gasteiger partial charge is 0.294 e. The molecule has 0 aliphatic carbocycles. The summed E-state index contributed by atoms with van der Waals surface area (Å²) in [6, 6.07) is 0. The van der Waals surface area contributed by atoms with Gasteiger partial charge in [-0.15, -0.1) is 0 Å². The molecule has 0 heterocycles. The highest BCUT2D eigenvalue weighted by molar-refractivity contribution is 7.87. The second kappa shape index (κ2) is 8.06. The quantitative estimate of drug-likeness (QED) is 0.470. The number of hydrogen-bond acceptors (Lipinski definition) is 3. The van der Waals surface area contributed by atoms with Gasteiger partial charge in [-0.05, 0) is 25.7 Å². The predicted molar refractivity (Wildman–Crippen MR) is 69.4 cm³/mol. The summed E-state index contributed by atoms with van der Waals surface area (Å²) in [7, 11) is -4.37. The molecule has 17 heavy (non-hydrogen) atoms. The summed E-state index contributed by atoms with van der Waals surface area (Å²) >= 11 is 0. The van der Waals surface area contributed by atoms with Crippen LogP contribution in [0.15, 0.2) is 0 Å². The highest BCUT2D eigenvalue weighted by atomic mass is 32.2. The van der Waals surface area contributed by atoms with Crippen LogP contribution in [0.2, 0.25) is 0 Å². The topological polar surface area (TPSA) is 74.6 Å². The zero-order chi connectivity index (χ0) is 13.4. The average Bonchev–Trinajstić information content (AvgIpc) is 2.24. The minimum Gasteiger partial charge on any atom is -0.372 e. The Morgan fingerprint density at radius 2 is 1.35 bits per heavy atom. The Kier molecular flexibility index (Phi) is 8.00. The Morgan fingerprint density at radius 1 is 0.882 bits per heavy atom. The van der Waals surface area contributed by atoms with Crippen LogP contribution in [0.3, 0.4) is 0 Å². The van der Waals surface area contributed by atoms with E-state index in [-0.39, 0.29) is 12.8 Å². The third kappa shape index (κ3) is 6.38. The van der Waals surface area contributed by atoms with E-state index in [1.165, 1.54) is 0 Å². The van der Waals surface area contributed by atoms with E-state index < -0.39 is 15.1 Å². The molecule has 5 heteroatoms. The van der Waals surface area contributed by atoms with Gasteiger partial charge in [-0.25, -0.2) is 0 Å². The molecule has 1 atom stereocenters. The third-order valence-corrected chi connectivity index (χ3v) is 4.44. The van der Waals surface area contributed by atoms with Crippen LogP contribution in [0.4, 0.5) is 0 Å². The van der Waals surface area contributed by atoms with Gasteiger partial charge in [0.15, 0.2) is 4.93 Å². The fourth-order valence-corrected chi connectivity index (χ4v) is 2.65. The molecule has 0 aromatic carbocycles. The van der Waals surface area contributed by atoms with Crippen molar-refractivity contribution in [3.63, 3.8) is 0 Å². The first kappa shape index (κ1) is 16.9. The van der Waals surface area contributed by atoms with Gasteiger partial charge < -0.3 is 5.11 Å². The zero-order valence-electron chi connectivity index (χ0n) is 11.0. The van der Waals surface area contributed by atoms with Crippen molar-refractivity contribution in [1.29, 1.82) is 0 Å². The van der Waals surface area contributed by atoms with Gasteiger partial charge in [-0.3, -0.25) is 4.55 Å². The molecule has 0 saturated carbocycles. The maximum absolute atomic E-state index is 11.2. The van der Waals surface area contributed by atoms with Crippen molar-refractivity contribution >= 4 is 10.1 Å². The summed E-state index contributed by atoms with van der Waals surface area (Å²) in [5.74, 6) is 0. The molecule has 0 spiro atoms. The summed E-state index contributed by atoms with van der Waals surface area (Å²) in [5, 5.41) is 10.00. The Labute approximate surface area is 105 Å². The molecule has 0 aliphatic rings. The number of unbranched alkanes of at least 4 members (excludes halogenated alkanes) is 5. The maximum atomic E-state index is 11.2. The van der Waals surface area contributed by atoms with Gasteiger partial charge in [-0.2, -0.15) is 8.42 Å². The molecule has 2 N–H and O–H groups in total. The normalized spacial score (nSPS) is 15.8. The van der Waals surface area contributed by atoms with Crippen molar-refractivity contribution in [1.82, 2.24) is 0 Å². The van der Waals surface area contributed by atoms with E-state index in [0.29, 0.717) is 12.8 Å². The summed E-state index contributed by atoms with van der Waals surface area (Å²) in [5.41, 5.74) is 0. The highest BCUT2D eigenvalue weighted by Gasteiger charge is 2.39. The minimum absolute atomic E-state index is 0.121. The number of hydrogen-bond donors (Lipinski definition) is 2. The van der Waals surface area contributed by atoms with Crippen LogP contribution in [0.1, 0.15) is 71.6 Å². The number of aliphatic hydroxyl groups is 1. The van der Waals surface area contributed by atoms with Gasteiger partial charge in [0.25, 0.3) is 10.1 Å². The fourth-order valence-electron chi connectivity index (χ4n) is 1.84. The van der Waals surface area contributed by atoms with E-state index in [4.69, 9.17) is 4.55 Å². The Morgan fingerprint density at radius 3 is 1.82 bits per heavy atom. The predicted octanol–water partition coefficient (Wildman–Crippen LogP) is 3.11. The molecule has 1 unspecified atom stereocenters.